The fourth-order valence-electron chi connectivity index (χ4n) is 10.6. The minimum atomic E-state index is -0.773. The van der Waals surface area contributed by atoms with E-state index in [0.717, 1.165) is 89.9 Å². The van der Waals surface area contributed by atoms with Crippen LogP contribution in [0.5, 0.6) is 0 Å². The molecule has 6 nitrogen and oxygen atoms in total. The molecule has 1 atom stereocenters. The highest BCUT2D eigenvalue weighted by Gasteiger charge is 2.19. The van der Waals surface area contributed by atoms with E-state index in [1.807, 2.05) is 0 Å². The summed E-state index contributed by atoms with van der Waals surface area (Å²) in [5, 5.41) is 0. The second-order valence-electron chi connectivity index (χ2n) is 24.1. The summed E-state index contributed by atoms with van der Waals surface area (Å²) in [6.07, 6.45) is 92.3. The van der Waals surface area contributed by atoms with Crippen LogP contribution in [0.15, 0.2) is 72.9 Å². The average Bonchev–Trinajstić information content (AvgIpc) is 3.48. The van der Waals surface area contributed by atoms with Gasteiger partial charge in [-0.15, -0.1) is 0 Å². The largest absolute Gasteiger partial charge is 0.462 e. The first kappa shape index (κ1) is 78.8. The number of hydrogen-bond acceptors (Lipinski definition) is 6. The number of allylic oxidation sites excluding steroid dienone is 12. The fraction of sp³-hybridized carbons (Fsp3) is 0.803. The summed E-state index contributed by atoms with van der Waals surface area (Å²) in [7, 11) is 0. The monoisotopic (exact) mass is 1150 g/mol. The molecule has 0 amide bonds. The van der Waals surface area contributed by atoms with Crippen molar-refractivity contribution in [2.24, 2.45) is 0 Å². The van der Waals surface area contributed by atoms with E-state index in [2.05, 4.69) is 93.7 Å². The molecule has 0 aromatic carbocycles. The maximum absolute atomic E-state index is 12.9. The Labute approximate surface area is 510 Å². The van der Waals surface area contributed by atoms with Crippen LogP contribution in [0, 0.1) is 0 Å². The van der Waals surface area contributed by atoms with Crippen LogP contribution in [0.4, 0.5) is 0 Å². The van der Waals surface area contributed by atoms with Gasteiger partial charge in [0.15, 0.2) is 6.10 Å². The lowest BCUT2D eigenvalue weighted by atomic mass is 10.0. The van der Waals surface area contributed by atoms with Gasteiger partial charge in [-0.05, 0) is 89.9 Å². The summed E-state index contributed by atoms with van der Waals surface area (Å²) in [6.45, 7) is 6.57. The highest BCUT2D eigenvalue weighted by molar-refractivity contribution is 5.71. The molecule has 0 spiro atoms. The lowest BCUT2D eigenvalue weighted by Crippen LogP contribution is -2.30. The molecule has 0 aliphatic rings. The van der Waals surface area contributed by atoms with Gasteiger partial charge in [-0.3, -0.25) is 14.4 Å². The predicted octanol–water partition coefficient (Wildman–Crippen LogP) is 24.8. The second kappa shape index (κ2) is 70.3. The molecule has 0 heterocycles. The van der Waals surface area contributed by atoms with Crippen LogP contribution in [-0.4, -0.2) is 37.2 Å². The van der Waals surface area contributed by atoms with Crippen molar-refractivity contribution in [1.82, 2.24) is 0 Å². The van der Waals surface area contributed by atoms with E-state index < -0.39 is 6.10 Å². The molecule has 0 aliphatic heterocycles. The van der Waals surface area contributed by atoms with Crippen molar-refractivity contribution in [2.75, 3.05) is 13.2 Å². The van der Waals surface area contributed by atoms with E-state index in [0.29, 0.717) is 19.3 Å². The molecule has 82 heavy (non-hydrogen) atoms. The molecule has 0 saturated heterocycles. The number of carbonyl (C=O) groups is 3. The Morgan fingerprint density at radius 1 is 0.256 bits per heavy atom. The van der Waals surface area contributed by atoms with Gasteiger partial charge in [0.05, 0.1) is 0 Å². The Balaban J connectivity index is 4.11. The maximum Gasteiger partial charge on any atom is 0.306 e. The summed E-state index contributed by atoms with van der Waals surface area (Å²) in [5.74, 6) is -0.851. The lowest BCUT2D eigenvalue weighted by molar-refractivity contribution is -0.167. The van der Waals surface area contributed by atoms with Gasteiger partial charge >= 0.3 is 17.9 Å². The summed E-state index contributed by atoms with van der Waals surface area (Å²) in [4.78, 5) is 38.3. The summed E-state index contributed by atoms with van der Waals surface area (Å²) < 4.78 is 17.0. The zero-order valence-electron chi connectivity index (χ0n) is 54.8. The van der Waals surface area contributed by atoms with Gasteiger partial charge in [0.1, 0.15) is 13.2 Å². The van der Waals surface area contributed by atoms with Crippen molar-refractivity contribution in [2.45, 2.75) is 380 Å². The van der Waals surface area contributed by atoms with E-state index in [4.69, 9.17) is 14.2 Å². The van der Waals surface area contributed by atoms with Crippen LogP contribution >= 0.6 is 0 Å². The lowest BCUT2D eigenvalue weighted by Gasteiger charge is -2.18. The van der Waals surface area contributed by atoms with E-state index in [-0.39, 0.29) is 31.1 Å². The topological polar surface area (TPSA) is 78.9 Å². The van der Waals surface area contributed by atoms with Crippen molar-refractivity contribution in [3.05, 3.63) is 72.9 Å². The van der Waals surface area contributed by atoms with Crippen molar-refractivity contribution >= 4 is 17.9 Å². The first-order chi connectivity index (χ1) is 40.5. The minimum absolute atomic E-state index is 0.0699. The Hall–Kier alpha value is -3.15. The summed E-state index contributed by atoms with van der Waals surface area (Å²) in [5.41, 5.74) is 0. The molecule has 0 bridgehead atoms. The third kappa shape index (κ3) is 67.6. The molecular weight excluding hydrogens is 1010 g/mol. The zero-order chi connectivity index (χ0) is 59.2. The predicted molar refractivity (Wildman–Crippen MR) is 358 cm³/mol. The molecule has 0 fully saturated rings. The highest BCUT2D eigenvalue weighted by atomic mass is 16.6. The van der Waals surface area contributed by atoms with Crippen LogP contribution in [0.25, 0.3) is 0 Å². The number of carbonyl (C=O) groups excluding carboxylic acids is 3. The fourth-order valence-corrected chi connectivity index (χ4v) is 10.6. The molecular formula is C76H136O6. The van der Waals surface area contributed by atoms with Crippen LogP contribution in [0.1, 0.15) is 374 Å². The average molecular weight is 1150 g/mol. The number of ether oxygens (including phenoxy) is 3. The van der Waals surface area contributed by atoms with E-state index in [1.165, 1.54) is 244 Å². The van der Waals surface area contributed by atoms with Gasteiger partial charge in [-0.25, -0.2) is 0 Å². The van der Waals surface area contributed by atoms with Crippen molar-refractivity contribution < 1.29 is 28.6 Å². The summed E-state index contributed by atoms with van der Waals surface area (Å²) in [6, 6.07) is 0. The van der Waals surface area contributed by atoms with Gasteiger partial charge in [0, 0.05) is 19.3 Å². The number of rotatable bonds is 66. The van der Waals surface area contributed by atoms with Crippen molar-refractivity contribution in [3.8, 4) is 0 Å². The Kier molecular flexibility index (Phi) is 67.6. The molecule has 0 radical (unpaired) electrons. The van der Waals surface area contributed by atoms with Gasteiger partial charge < -0.3 is 14.2 Å². The molecule has 0 N–H and O–H groups in total. The Morgan fingerprint density at radius 3 is 0.756 bits per heavy atom. The van der Waals surface area contributed by atoms with Crippen LogP contribution in [0.2, 0.25) is 0 Å². The number of esters is 3. The van der Waals surface area contributed by atoms with E-state index >= 15 is 0 Å². The molecule has 0 aromatic rings. The quantitative estimate of drug-likeness (QED) is 0.0261. The van der Waals surface area contributed by atoms with E-state index in [1.54, 1.807) is 0 Å². The molecule has 0 saturated carbocycles. The number of unbranched alkanes of at least 4 members (excludes halogenated alkanes) is 43. The molecule has 0 aromatic heterocycles. The van der Waals surface area contributed by atoms with Crippen LogP contribution in [0.3, 0.4) is 0 Å². The minimum Gasteiger partial charge on any atom is -0.462 e. The molecule has 6 heteroatoms. The summed E-state index contributed by atoms with van der Waals surface area (Å²) >= 11 is 0. The van der Waals surface area contributed by atoms with Crippen LogP contribution < -0.4 is 0 Å². The van der Waals surface area contributed by atoms with Gasteiger partial charge in [0.2, 0.25) is 0 Å². The zero-order valence-corrected chi connectivity index (χ0v) is 54.8. The molecule has 0 aliphatic carbocycles. The first-order valence-electron chi connectivity index (χ1n) is 35.9. The highest BCUT2D eigenvalue weighted by Crippen LogP contribution is 2.18. The molecule has 0 rings (SSSR count). The maximum atomic E-state index is 12.9. The van der Waals surface area contributed by atoms with Crippen LogP contribution in [-0.2, 0) is 28.6 Å². The molecule has 1 unspecified atom stereocenters. The van der Waals surface area contributed by atoms with Gasteiger partial charge in [-0.1, -0.05) is 338 Å². The van der Waals surface area contributed by atoms with Gasteiger partial charge in [-0.2, -0.15) is 0 Å². The normalized spacial score (nSPS) is 12.5. The third-order valence-electron chi connectivity index (χ3n) is 15.9. The van der Waals surface area contributed by atoms with Crippen molar-refractivity contribution in [3.63, 3.8) is 0 Å². The van der Waals surface area contributed by atoms with Gasteiger partial charge in [0.25, 0.3) is 0 Å². The number of hydrogen-bond donors (Lipinski definition) is 0. The van der Waals surface area contributed by atoms with Crippen molar-refractivity contribution in [1.29, 1.82) is 0 Å². The SMILES string of the molecule is CC/C=C\C/C=C\C/C=C\C/C=C\C/C=C\CCCCCCCCCCCCCCCCCCCC(=O)OCC(COC(=O)CCCCCCCCCCCC)OC(=O)CCCCCCCCCCC/C=C\CCCCCCCCCC. The smallest absolute Gasteiger partial charge is 0.306 e. The first-order valence-corrected chi connectivity index (χ1v) is 35.9. The molecule has 476 valence electrons. The second-order valence-corrected chi connectivity index (χ2v) is 24.1. The van der Waals surface area contributed by atoms with E-state index in [9.17, 15) is 14.4 Å². The third-order valence-corrected chi connectivity index (χ3v) is 15.9. The standard InChI is InChI=1S/C76H136O6/c1-4-7-10-13-16-19-22-24-26-28-30-32-33-34-35-36-37-38-39-40-41-42-43-45-46-48-50-52-54-57-60-63-66-69-75(78)81-72-73(71-80-74(77)68-65-62-59-56-21-18-15-12-9-6-3)82-76(79)70-67-64-61-58-55-53-51-49-47-44-31-29-27-25-23-20-17-14-11-8-5-2/h7,10,16,19,24,26,29-32,34-35,73H,4-6,8-9,11-15,17-18,20-23,25,27-28,33,36-72H2,1-3H3/b10-7-,19-16-,26-24-,31-29-,32-30-,35-34-. The Bertz CT molecular complexity index is 1500. The Morgan fingerprint density at radius 2 is 0.476 bits per heavy atom.